The van der Waals surface area contributed by atoms with Gasteiger partial charge < -0.3 is 10.4 Å². The van der Waals surface area contributed by atoms with Gasteiger partial charge in [-0.1, -0.05) is 25.5 Å². The summed E-state index contributed by atoms with van der Waals surface area (Å²) in [5.74, 6) is -1.43. The molecule has 0 aliphatic rings. The Bertz CT molecular complexity index is 530. The first-order valence-electron chi connectivity index (χ1n) is 6.69. The monoisotopic (exact) mass is 294 g/mol. The molecule has 0 saturated heterocycles. The Morgan fingerprint density at radius 3 is 2.71 bits per heavy atom. The molecule has 1 unspecified atom stereocenters. The van der Waals surface area contributed by atoms with Gasteiger partial charge >= 0.3 is 5.97 Å². The molecule has 0 saturated carbocycles. The van der Waals surface area contributed by atoms with Crippen LogP contribution in [0, 0.1) is 10.1 Å². The van der Waals surface area contributed by atoms with E-state index >= 15 is 0 Å². The van der Waals surface area contributed by atoms with E-state index in [2.05, 4.69) is 5.32 Å². The second-order valence-electron chi connectivity index (χ2n) is 4.67. The van der Waals surface area contributed by atoms with Crippen LogP contribution in [-0.4, -0.2) is 27.9 Å². The molecule has 1 aromatic carbocycles. The Hall–Kier alpha value is -2.44. The number of rotatable bonds is 8. The minimum absolute atomic E-state index is 0.0256. The Kier molecular flexibility index (Phi) is 6.32. The predicted octanol–water partition coefficient (Wildman–Crippen LogP) is 1.90. The maximum absolute atomic E-state index is 11.7. The molecule has 0 aliphatic carbocycles. The van der Waals surface area contributed by atoms with Gasteiger partial charge in [-0.05, 0) is 18.4 Å². The van der Waals surface area contributed by atoms with Crippen molar-refractivity contribution in [2.24, 2.45) is 0 Å². The van der Waals surface area contributed by atoms with Crippen molar-refractivity contribution >= 4 is 17.6 Å². The number of nitrogens with zero attached hydrogens (tertiary/aromatic N) is 1. The van der Waals surface area contributed by atoms with Crippen LogP contribution in [0.15, 0.2) is 24.3 Å². The quantitative estimate of drug-likeness (QED) is 0.562. The van der Waals surface area contributed by atoms with E-state index in [1.807, 2.05) is 6.92 Å². The van der Waals surface area contributed by atoms with Crippen molar-refractivity contribution in [3.8, 4) is 0 Å². The van der Waals surface area contributed by atoms with E-state index in [1.165, 1.54) is 12.1 Å². The van der Waals surface area contributed by atoms with Crippen molar-refractivity contribution in [3.05, 3.63) is 39.9 Å². The summed E-state index contributed by atoms with van der Waals surface area (Å²) in [5, 5.41) is 22.0. The number of non-ortho nitro benzene ring substituents is 1. The van der Waals surface area contributed by atoms with Crippen LogP contribution in [-0.2, 0) is 16.0 Å². The van der Waals surface area contributed by atoms with Gasteiger partial charge in [0.15, 0.2) is 0 Å². The number of nitro groups is 1. The first-order valence-corrected chi connectivity index (χ1v) is 6.69. The number of nitrogens with one attached hydrogen (secondary N) is 1. The second kappa shape index (κ2) is 7.98. The summed E-state index contributed by atoms with van der Waals surface area (Å²) in [6, 6.07) is 5.16. The number of carboxylic acid groups (broad SMARTS) is 1. The van der Waals surface area contributed by atoms with Gasteiger partial charge in [-0.15, -0.1) is 0 Å². The van der Waals surface area contributed by atoms with Crippen LogP contribution in [0.1, 0.15) is 31.7 Å². The van der Waals surface area contributed by atoms with Crippen LogP contribution in [0.4, 0.5) is 5.69 Å². The molecule has 7 heteroatoms. The van der Waals surface area contributed by atoms with Crippen LogP contribution in [0.25, 0.3) is 0 Å². The van der Waals surface area contributed by atoms with Gasteiger partial charge in [0, 0.05) is 18.6 Å². The van der Waals surface area contributed by atoms with Crippen LogP contribution < -0.4 is 5.32 Å². The zero-order valence-electron chi connectivity index (χ0n) is 11.7. The van der Waals surface area contributed by atoms with Crippen molar-refractivity contribution in [2.75, 3.05) is 0 Å². The normalized spacial score (nSPS) is 11.7. The third-order valence-electron chi connectivity index (χ3n) is 2.97. The average Bonchev–Trinajstić information content (AvgIpc) is 2.45. The SMILES string of the molecule is CCCC(NC(=O)CCc1cccc([N+](=O)[O-])c1)C(=O)O. The fraction of sp³-hybridized carbons (Fsp3) is 0.429. The number of benzene rings is 1. The highest BCUT2D eigenvalue weighted by Gasteiger charge is 2.18. The van der Waals surface area contributed by atoms with Gasteiger partial charge in [-0.2, -0.15) is 0 Å². The van der Waals surface area contributed by atoms with E-state index in [-0.39, 0.29) is 18.0 Å². The molecule has 0 aliphatic heterocycles. The highest BCUT2D eigenvalue weighted by Crippen LogP contribution is 2.14. The Morgan fingerprint density at radius 1 is 1.43 bits per heavy atom. The standard InChI is InChI=1S/C14H18N2O5/c1-2-4-12(14(18)19)15-13(17)8-7-10-5-3-6-11(9-10)16(20)21/h3,5-6,9,12H,2,4,7-8H2,1H3,(H,15,17)(H,18,19). The lowest BCUT2D eigenvalue weighted by Crippen LogP contribution is -2.40. The molecule has 1 atom stereocenters. The molecular formula is C14H18N2O5. The molecule has 0 aromatic heterocycles. The molecule has 0 radical (unpaired) electrons. The molecule has 0 heterocycles. The molecule has 2 N–H and O–H groups in total. The fourth-order valence-corrected chi connectivity index (χ4v) is 1.90. The van der Waals surface area contributed by atoms with Crippen molar-refractivity contribution in [3.63, 3.8) is 0 Å². The second-order valence-corrected chi connectivity index (χ2v) is 4.67. The molecule has 1 rings (SSSR count). The summed E-state index contributed by atoms with van der Waals surface area (Å²) in [7, 11) is 0. The van der Waals surface area contributed by atoms with Gasteiger partial charge in [0.2, 0.25) is 5.91 Å². The molecule has 1 aromatic rings. The van der Waals surface area contributed by atoms with Crippen molar-refractivity contribution < 1.29 is 19.6 Å². The zero-order chi connectivity index (χ0) is 15.8. The number of aryl methyl sites for hydroxylation is 1. The number of hydrogen-bond donors (Lipinski definition) is 2. The molecule has 1 amide bonds. The van der Waals surface area contributed by atoms with E-state index in [4.69, 9.17) is 5.11 Å². The highest BCUT2D eigenvalue weighted by molar-refractivity contribution is 5.83. The maximum atomic E-state index is 11.7. The number of hydrogen-bond acceptors (Lipinski definition) is 4. The number of carbonyl (C=O) groups excluding carboxylic acids is 1. The Balaban J connectivity index is 2.54. The zero-order valence-corrected chi connectivity index (χ0v) is 11.7. The van der Waals surface area contributed by atoms with E-state index in [1.54, 1.807) is 12.1 Å². The molecule has 21 heavy (non-hydrogen) atoms. The maximum Gasteiger partial charge on any atom is 0.326 e. The summed E-state index contributed by atoms with van der Waals surface area (Å²) in [4.78, 5) is 32.8. The van der Waals surface area contributed by atoms with Gasteiger partial charge in [0.25, 0.3) is 5.69 Å². The minimum atomic E-state index is -1.06. The highest BCUT2D eigenvalue weighted by atomic mass is 16.6. The van der Waals surface area contributed by atoms with Gasteiger partial charge in [0.05, 0.1) is 4.92 Å². The number of carboxylic acids is 1. The topological polar surface area (TPSA) is 110 Å². The summed E-state index contributed by atoms with van der Waals surface area (Å²) >= 11 is 0. The lowest BCUT2D eigenvalue weighted by Gasteiger charge is -2.13. The van der Waals surface area contributed by atoms with Crippen LogP contribution >= 0.6 is 0 Å². The molecule has 0 fully saturated rings. The van der Waals surface area contributed by atoms with Gasteiger partial charge in [-0.3, -0.25) is 14.9 Å². The lowest BCUT2D eigenvalue weighted by molar-refractivity contribution is -0.384. The van der Waals surface area contributed by atoms with E-state index < -0.39 is 16.9 Å². The van der Waals surface area contributed by atoms with Crippen molar-refractivity contribution in [1.29, 1.82) is 0 Å². The van der Waals surface area contributed by atoms with Gasteiger partial charge in [-0.25, -0.2) is 4.79 Å². The van der Waals surface area contributed by atoms with Crippen LogP contribution in [0.5, 0.6) is 0 Å². The molecule has 114 valence electrons. The number of amides is 1. The summed E-state index contributed by atoms with van der Waals surface area (Å²) in [5.41, 5.74) is 0.643. The van der Waals surface area contributed by atoms with E-state index in [0.29, 0.717) is 24.8 Å². The minimum Gasteiger partial charge on any atom is -0.480 e. The van der Waals surface area contributed by atoms with E-state index in [9.17, 15) is 19.7 Å². The number of nitro benzene ring substituents is 1. The molecule has 0 spiro atoms. The molecule has 7 nitrogen and oxygen atoms in total. The third kappa shape index (κ3) is 5.60. The summed E-state index contributed by atoms with van der Waals surface area (Å²) in [6.45, 7) is 1.84. The molecular weight excluding hydrogens is 276 g/mol. The lowest BCUT2D eigenvalue weighted by atomic mass is 10.1. The third-order valence-corrected chi connectivity index (χ3v) is 2.97. The largest absolute Gasteiger partial charge is 0.480 e. The smallest absolute Gasteiger partial charge is 0.326 e. The summed E-state index contributed by atoms with van der Waals surface area (Å²) in [6.07, 6.45) is 1.45. The van der Waals surface area contributed by atoms with Crippen LogP contribution in [0.2, 0.25) is 0 Å². The summed E-state index contributed by atoms with van der Waals surface area (Å²) < 4.78 is 0. The number of aliphatic carboxylic acids is 1. The van der Waals surface area contributed by atoms with Crippen molar-refractivity contribution in [1.82, 2.24) is 5.32 Å². The fourth-order valence-electron chi connectivity index (χ4n) is 1.90. The van der Waals surface area contributed by atoms with Crippen molar-refractivity contribution in [2.45, 2.75) is 38.6 Å². The molecule has 0 bridgehead atoms. The van der Waals surface area contributed by atoms with Crippen LogP contribution in [0.3, 0.4) is 0 Å². The Labute approximate surface area is 122 Å². The number of carbonyl (C=O) groups is 2. The Morgan fingerprint density at radius 2 is 2.14 bits per heavy atom. The predicted molar refractivity (Wildman–Crippen MR) is 75.9 cm³/mol. The van der Waals surface area contributed by atoms with Gasteiger partial charge in [0.1, 0.15) is 6.04 Å². The average molecular weight is 294 g/mol. The van der Waals surface area contributed by atoms with E-state index in [0.717, 1.165) is 0 Å². The first-order chi connectivity index (χ1) is 9.93. The first kappa shape index (κ1) is 16.6.